The fraction of sp³-hybridized carbons (Fsp3) is 0.208. The second kappa shape index (κ2) is 8.26. The van der Waals surface area contributed by atoms with E-state index in [1.165, 1.54) is 25.3 Å². The van der Waals surface area contributed by atoms with Gasteiger partial charge in [0.05, 0.1) is 7.11 Å². The Labute approximate surface area is 164 Å². The van der Waals surface area contributed by atoms with E-state index in [9.17, 15) is 9.18 Å². The molecule has 1 heterocycles. The van der Waals surface area contributed by atoms with E-state index in [1.807, 2.05) is 31.2 Å². The predicted molar refractivity (Wildman–Crippen MR) is 113 cm³/mol. The third-order valence-electron chi connectivity index (χ3n) is 4.65. The van der Waals surface area contributed by atoms with Gasteiger partial charge in [-0.1, -0.05) is 36.4 Å². The maximum Gasteiger partial charge on any atom is 0.330 e. The lowest BCUT2D eigenvalue weighted by atomic mass is 10.0. The summed E-state index contributed by atoms with van der Waals surface area (Å²) in [6.45, 7) is 6.12. The zero-order valence-electron chi connectivity index (χ0n) is 16.6. The largest absolute Gasteiger partial charge is 0.466 e. The second-order valence-electron chi connectivity index (χ2n) is 6.99. The van der Waals surface area contributed by atoms with Gasteiger partial charge in [-0.15, -0.1) is 0 Å². The Bertz CT molecular complexity index is 1060. The number of halogens is 1. The summed E-state index contributed by atoms with van der Waals surface area (Å²) >= 11 is 0. The molecule has 0 spiro atoms. The number of carbonyl (C=O) groups excluding carboxylic acids is 1. The lowest BCUT2D eigenvalue weighted by Crippen LogP contribution is -2.03. The molecule has 28 heavy (non-hydrogen) atoms. The zero-order valence-corrected chi connectivity index (χ0v) is 16.6. The Morgan fingerprint density at radius 2 is 1.79 bits per heavy atom. The molecule has 0 radical (unpaired) electrons. The summed E-state index contributed by atoms with van der Waals surface area (Å²) < 4.78 is 20.4. The Hall–Kier alpha value is -3.14. The van der Waals surface area contributed by atoms with Gasteiger partial charge in [0, 0.05) is 34.3 Å². The Kier molecular flexibility index (Phi) is 5.78. The van der Waals surface area contributed by atoms with Gasteiger partial charge in [0.15, 0.2) is 0 Å². The van der Waals surface area contributed by atoms with Crippen molar-refractivity contribution in [2.45, 2.75) is 26.8 Å². The first kappa shape index (κ1) is 19.6. The van der Waals surface area contributed by atoms with Crippen molar-refractivity contribution in [2.75, 3.05) is 7.11 Å². The van der Waals surface area contributed by atoms with Gasteiger partial charge in [-0.05, 0) is 56.2 Å². The van der Waals surface area contributed by atoms with Crippen LogP contribution in [0.15, 0.2) is 66.3 Å². The van der Waals surface area contributed by atoms with Crippen LogP contribution < -0.4 is 0 Å². The van der Waals surface area contributed by atoms with Gasteiger partial charge in [-0.25, -0.2) is 9.18 Å². The number of hydrogen-bond donors (Lipinski definition) is 0. The number of methoxy groups -OCH3 is 1. The molecule has 0 bridgehead atoms. The van der Waals surface area contributed by atoms with Gasteiger partial charge in [0.1, 0.15) is 5.82 Å². The molecule has 3 rings (SSSR count). The number of ether oxygens (including phenoxy) is 1. The lowest BCUT2D eigenvalue weighted by Gasteiger charge is -2.13. The van der Waals surface area contributed by atoms with Crippen molar-refractivity contribution in [2.24, 2.45) is 0 Å². The molecule has 3 nitrogen and oxygen atoms in total. The van der Waals surface area contributed by atoms with E-state index in [4.69, 9.17) is 4.74 Å². The summed E-state index contributed by atoms with van der Waals surface area (Å²) in [4.78, 5) is 11.5. The molecule has 0 aliphatic carbocycles. The van der Waals surface area contributed by atoms with E-state index >= 15 is 0 Å². The van der Waals surface area contributed by atoms with Gasteiger partial charge >= 0.3 is 5.97 Å². The highest BCUT2D eigenvalue weighted by Gasteiger charge is 2.18. The van der Waals surface area contributed by atoms with Crippen LogP contribution in [-0.4, -0.2) is 17.6 Å². The average molecular weight is 377 g/mol. The highest BCUT2D eigenvalue weighted by molar-refractivity contribution is 6.01. The van der Waals surface area contributed by atoms with Crippen molar-refractivity contribution in [1.29, 1.82) is 0 Å². The van der Waals surface area contributed by atoms with Crippen molar-refractivity contribution in [3.8, 4) is 11.1 Å². The zero-order chi connectivity index (χ0) is 20.3. The molecule has 0 amide bonds. The van der Waals surface area contributed by atoms with Gasteiger partial charge in [0.25, 0.3) is 0 Å². The second-order valence-corrected chi connectivity index (χ2v) is 6.99. The van der Waals surface area contributed by atoms with Gasteiger partial charge < -0.3 is 9.30 Å². The molecule has 0 aliphatic heterocycles. The van der Waals surface area contributed by atoms with Crippen LogP contribution >= 0.6 is 0 Å². The fourth-order valence-electron chi connectivity index (χ4n) is 3.43. The summed E-state index contributed by atoms with van der Waals surface area (Å²) in [6.07, 6.45) is 5.36. The Morgan fingerprint density at radius 1 is 1.11 bits per heavy atom. The summed E-state index contributed by atoms with van der Waals surface area (Å²) in [6, 6.07) is 15.0. The van der Waals surface area contributed by atoms with Crippen LogP contribution in [-0.2, 0) is 9.53 Å². The molecule has 0 saturated heterocycles. The molecule has 0 aliphatic rings. The molecule has 3 aromatic rings. The summed E-state index contributed by atoms with van der Waals surface area (Å²) in [5, 5.41) is 1.11. The maximum absolute atomic E-state index is 13.5. The van der Waals surface area contributed by atoms with Crippen LogP contribution in [0.1, 0.15) is 32.5 Å². The summed E-state index contributed by atoms with van der Waals surface area (Å²) in [7, 11) is 1.36. The molecule has 0 unspecified atom stereocenters. The van der Waals surface area contributed by atoms with E-state index in [0.717, 1.165) is 33.3 Å². The minimum atomic E-state index is -0.384. The molecule has 4 heteroatoms. The number of carbonyl (C=O) groups is 1. The first-order chi connectivity index (χ1) is 13.4. The SMILES string of the molecule is COC(=O)C=C(C)C=Cc1c(-c2ccc(F)cc2)c2ccccc2n1C(C)C. The van der Waals surface area contributed by atoms with E-state index in [1.54, 1.807) is 12.1 Å². The maximum atomic E-state index is 13.5. The van der Waals surface area contributed by atoms with E-state index in [0.29, 0.717) is 0 Å². The number of esters is 1. The van der Waals surface area contributed by atoms with Gasteiger partial charge in [-0.3, -0.25) is 0 Å². The number of fused-ring (bicyclic) bond motifs is 1. The van der Waals surface area contributed by atoms with Gasteiger partial charge in [0.2, 0.25) is 0 Å². The molecule has 2 aromatic carbocycles. The van der Waals surface area contributed by atoms with Crippen molar-refractivity contribution in [1.82, 2.24) is 4.57 Å². The number of benzene rings is 2. The van der Waals surface area contributed by atoms with Gasteiger partial charge in [-0.2, -0.15) is 0 Å². The van der Waals surface area contributed by atoms with E-state index in [2.05, 4.69) is 30.5 Å². The molecule has 0 atom stereocenters. The minimum Gasteiger partial charge on any atom is -0.466 e. The smallest absolute Gasteiger partial charge is 0.330 e. The van der Waals surface area contributed by atoms with Crippen LogP contribution in [0.25, 0.3) is 28.1 Å². The van der Waals surface area contributed by atoms with Crippen LogP contribution in [0.5, 0.6) is 0 Å². The Morgan fingerprint density at radius 3 is 2.43 bits per heavy atom. The number of aromatic nitrogens is 1. The van der Waals surface area contributed by atoms with Crippen LogP contribution in [0.3, 0.4) is 0 Å². The van der Waals surface area contributed by atoms with Crippen molar-refractivity contribution in [3.05, 3.63) is 77.8 Å². The minimum absolute atomic E-state index is 0.226. The number of hydrogen-bond acceptors (Lipinski definition) is 2. The van der Waals surface area contributed by atoms with E-state index < -0.39 is 0 Å². The first-order valence-electron chi connectivity index (χ1n) is 9.25. The Balaban J connectivity index is 2.25. The normalized spacial score (nSPS) is 12.3. The molecule has 1 aromatic heterocycles. The summed E-state index contributed by atoms with van der Waals surface area (Å²) in [5.41, 5.74) is 4.92. The van der Waals surface area contributed by atoms with Crippen LogP contribution in [0, 0.1) is 5.82 Å². The first-order valence-corrected chi connectivity index (χ1v) is 9.25. The number of allylic oxidation sites excluding steroid dienone is 2. The third-order valence-corrected chi connectivity index (χ3v) is 4.65. The molecular formula is C24H24FNO2. The molecule has 144 valence electrons. The van der Waals surface area contributed by atoms with Crippen molar-refractivity contribution in [3.63, 3.8) is 0 Å². The number of nitrogens with zero attached hydrogens (tertiary/aromatic N) is 1. The van der Waals surface area contributed by atoms with Crippen molar-refractivity contribution >= 4 is 22.9 Å². The molecule has 0 fully saturated rings. The quantitative estimate of drug-likeness (QED) is 0.303. The molecule has 0 saturated carbocycles. The highest BCUT2D eigenvalue weighted by atomic mass is 19.1. The average Bonchev–Trinajstić information content (AvgIpc) is 3.01. The standard InChI is InChI=1S/C24H24FNO2/c1-16(2)26-21-8-6-5-7-20(21)24(18-10-12-19(25)13-11-18)22(26)14-9-17(3)15-23(27)28-4/h5-16H,1-4H3. The lowest BCUT2D eigenvalue weighted by molar-refractivity contribution is -0.134. The number of rotatable bonds is 5. The topological polar surface area (TPSA) is 31.2 Å². The predicted octanol–water partition coefficient (Wildman–Crippen LogP) is 6.16. The molecular weight excluding hydrogens is 353 g/mol. The summed E-state index contributed by atoms with van der Waals surface area (Å²) in [5.74, 6) is -0.643. The van der Waals surface area contributed by atoms with Crippen molar-refractivity contribution < 1.29 is 13.9 Å². The van der Waals surface area contributed by atoms with E-state index in [-0.39, 0.29) is 17.8 Å². The number of para-hydroxylation sites is 1. The molecule has 0 N–H and O–H groups in total. The van der Waals surface area contributed by atoms with Crippen LogP contribution in [0.4, 0.5) is 4.39 Å². The highest BCUT2D eigenvalue weighted by Crippen LogP contribution is 2.38. The third kappa shape index (κ3) is 3.91. The van der Waals surface area contributed by atoms with Crippen LogP contribution in [0.2, 0.25) is 0 Å². The fourth-order valence-corrected chi connectivity index (χ4v) is 3.43. The monoisotopic (exact) mass is 377 g/mol.